The average Bonchev–Trinajstić information content (AvgIpc) is 3.52. The summed E-state index contributed by atoms with van der Waals surface area (Å²) in [6, 6.07) is 6.19. The molecule has 0 radical (unpaired) electrons. The number of aliphatic hydroxyl groups excluding tert-OH is 1. The van der Waals surface area contributed by atoms with Crippen molar-refractivity contribution < 1.29 is 9.50 Å². The molecule has 4 heterocycles. The number of aliphatic hydroxyl groups is 1. The molecule has 3 aliphatic rings. The van der Waals surface area contributed by atoms with Gasteiger partial charge in [0.15, 0.2) is 5.82 Å². The summed E-state index contributed by atoms with van der Waals surface area (Å²) in [6.07, 6.45) is 3.74. The number of alkyl halides is 1. The molecular weight excluding hydrogens is 407 g/mol. The Labute approximate surface area is 186 Å². The molecule has 1 aliphatic carbocycles. The van der Waals surface area contributed by atoms with Crippen molar-refractivity contribution in [1.29, 1.82) is 0 Å². The predicted octanol–water partition coefficient (Wildman–Crippen LogP) is 2.94. The molecule has 7 nitrogen and oxygen atoms in total. The molecule has 8 heteroatoms. The molecule has 0 unspecified atom stereocenters. The quantitative estimate of drug-likeness (QED) is 0.678. The first-order valence-corrected chi connectivity index (χ1v) is 11.6. The minimum Gasteiger partial charge on any atom is -0.389 e. The van der Waals surface area contributed by atoms with Crippen molar-refractivity contribution in [2.24, 2.45) is 0 Å². The zero-order chi connectivity index (χ0) is 22.0. The van der Waals surface area contributed by atoms with E-state index in [1.807, 2.05) is 24.0 Å². The Hall–Kier alpha value is -2.58. The lowest BCUT2D eigenvalue weighted by atomic mass is 9.85. The molecule has 0 bridgehead atoms. The molecule has 6 rings (SSSR count). The van der Waals surface area contributed by atoms with Crippen LogP contribution in [0.3, 0.4) is 0 Å². The van der Waals surface area contributed by atoms with Gasteiger partial charge in [-0.3, -0.25) is 0 Å². The van der Waals surface area contributed by atoms with Crippen molar-refractivity contribution in [2.75, 3.05) is 38.1 Å². The van der Waals surface area contributed by atoms with E-state index in [9.17, 15) is 9.50 Å². The highest BCUT2D eigenvalue weighted by atomic mass is 19.1. The summed E-state index contributed by atoms with van der Waals surface area (Å²) in [5.41, 5.74) is 3.14. The van der Waals surface area contributed by atoms with Crippen molar-refractivity contribution in [1.82, 2.24) is 24.6 Å². The summed E-state index contributed by atoms with van der Waals surface area (Å²) in [7, 11) is 1.98. The number of aryl methyl sites for hydroxylation is 1. The summed E-state index contributed by atoms with van der Waals surface area (Å²) in [5, 5.41) is 15.4. The molecular formula is C24H29FN6O. The largest absolute Gasteiger partial charge is 0.389 e. The number of rotatable bonds is 4. The number of piperidine rings is 1. The maximum absolute atomic E-state index is 15.0. The highest BCUT2D eigenvalue weighted by Crippen LogP contribution is 2.40. The van der Waals surface area contributed by atoms with E-state index in [0.717, 1.165) is 65.3 Å². The van der Waals surface area contributed by atoms with Gasteiger partial charge in [-0.25, -0.2) is 19.0 Å². The fraction of sp³-hybridized carbons (Fsp3) is 0.542. The van der Waals surface area contributed by atoms with Crippen LogP contribution in [0.1, 0.15) is 48.0 Å². The van der Waals surface area contributed by atoms with Crippen molar-refractivity contribution in [3.8, 4) is 5.82 Å². The highest BCUT2D eigenvalue weighted by Gasteiger charge is 2.32. The van der Waals surface area contributed by atoms with Crippen molar-refractivity contribution in [3.05, 3.63) is 41.3 Å². The van der Waals surface area contributed by atoms with Crippen molar-refractivity contribution in [3.63, 3.8) is 0 Å². The molecule has 2 aromatic heterocycles. The van der Waals surface area contributed by atoms with Crippen LogP contribution in [0, 0.1) is 6.92 Å². The van der Waals surface area contributed by atoms with Crippen LogP contribution in [0.2, 0.25) is 0 Å². The molecule has 2 saturated heterocycles. The Balaban J connectivity index is 1.43. The van der Waals surface area contributed by atoms with Crippen molar-refractivity contribution in [2.45, 2.75) is 50.3 Å². The predicted molar refractivity (Wildman–Crippen MR) is 121 cm³/mol. The topological polar surface area (TPSA) is 70.3 Å². The van der Waals surface area contributed by atoms with E-state index in [2.05, 4.69) is 34.0 Å². The lowest BCUT2D eigenvalue weighted by Gasteiger charge is -2.37. The first kappa shape index (κ1) is 20.1. The van der Waals surface area contributed by atoms with Gasteiger partial charge < -0.3 is 14.9 Å². The van der Waals surface area contributed by atoms with Gasteiger partial charge in [0.05, 0.1) is 17.8 Å². The Morgan fingerprint density at radius 1 is 1.03 bits per heavy atom. The number of benzene rings is 1. The summed E-state index contributed by atoms with van der Waals surface area (Å²) in [5.74, 6) is 2.75. The molecule has 32 heavy (non-hydrogen) atoms. The van der Waals surface area contributed by atoms with E-state index in [1.165, 1.54) is 0 Å². The van der Waals surface area contributed by atoms with Crippen LogP contribution in [0.4, 0.5) is 10.2 Å². The molecule has 2 atom stereocenters. The van der Waals surface area contributed by atoms with Gasteiger partial charge in [-0.15, -0.1) is 0 Å². The second-order valence-corrected chi connectivity index (χ2v) is 9.77. The van der Waals surface area contributed by atoms with Crippen LogP contribution in [0.5, 0.6) is 0 Å². The van der Waals surface area contributed by atoms with Crippen LogP contribution in [0.25, 0.3) is 16.7 Å². The van der Waals surface area contributed by atoms with Gasteiger partial charge in [-0.2, -0.15) is 5.10 Å². The van der Waals surface area contributed by atoms with Gasteiger partial charge in [0.2, 0.25) is 0 Å². The normalized spacial score (nSPS) is 24.8. The van der Waals surface area contributed by atoms with E-state index in [-0.39, 0.29) is 12.0 Å². The number of nitrogens with zero attached hydrogens (tertiary/aromatic N) is 6. The summed E-state index contributed by atoms with van der Waals surface area (Å²) >= 11 is 0. The Bertz CT molecular complexity index is 1170. The Kier molecular flexibility index (Phi) is 4.69. The van der Waals surface area contributed by atoms with E-state index in [0.29, 0.717) is 25.6 Å². The number of hydrogen-bond donors (Lipinski definition) is 1. The minimum absolute atomic E-state index is 0.0930. The summed E-state index contributed by atoms with van der Waals surface area (Å²) in [6.45, 7) is 4.64. The first-order chi connectivity index (χ1) is 15.5. The van der Waals surface area contributed by atoms with Crippen LogP contribution in [-0.4, -0.2) is 75.3 Å². The zero-order valence-electron chi connectivity index (χ0n) is 18.6. The Morgan fingerprint density at radius 2 is 1.81 bits per heavy atom. The molecule has 3 aromatic rings. The number of likely N-dealkylation sites (tertiary alicyclic amines) is 1. The number of fused-ring (bicyclic) bond motifs is 1. The van der Waals surface area contributed by atoms with Gasteiger partial charge in [-0.05, 0) is 63.0 Å². The van der Waals surface area contributed by atoms with E-state index in [1.54, 1.807) is 0 Å². The summed E-state index contributed by atoms with van der Waals surface area (Å²) < 4.78 is 16.8. The fourth-order valence-corrected chi connectivity index (χ4v) is 5.07. The molecule has 0 amide bonds. The van der Waals surface area contributed by atoms with Crippen molar-refractivity contribution >= 4 is 16.7 Å². The monoisotopic (exact) mass is 436 g/mol. The summed E-state index contributed by atoms with van der Waals surface area (Å²) in [4.78, 5) is 13.8. The molecule has 3 fully saturated rings. The molecule has 1 N–H and O–H groups in total. The molecule has 168 valence electrons. The number of aromatic nitrogens is 4. The van der Waals surface area contributed by atoms with Gasteiger partial charge in [0.1, 0.15) is 17.8 Å². The molecule has 1 aromatic carbocycles. The highest BCUT2D eigenvalue weighted by molar-refractivity contribution is 5.82. The number of hydrogen-bond acceptors (Lipinski definition) is 6. The first-order valence-electron chi connectivity index (χ1n) is 11.6. The zero-order valence-corrected chi connectivity index (χ0v) is 18.6. The lowest BCUT2D eigenvalue weighted by molar-refractivity contribution is 0.139. The second-order valence-electron chi connectivity index (χ2n) is 9.77. The minimum atomic E-state index is -0.869. The standard InChI is InChI=1S/C24H29FN6O/c1-14-7-16-10-26-31(21(16)8-19(14)18-5-6-29(2)13-20(18)25)23-9-22(30-11-17(32)12-30)27-24(28-23)15-3-4-15/h7-10,15,17-18,20,32H,3-6,11-13H2,1-2H3/t18-,20-/m0/s1. The van der Waals surface area contributed by atoms with E-state index >= 15 is 0 Å². The molecule has 1 saturated carbocycles. The number of halogens is 1. The smallest absolute Gasteiger partial charge is 0.159 e. The van der Waals surface area contributed by atoms with Crippen LogP contribution >= 0.6 is 0 Å². The third-order valence-corrected chi connectivity index (χ3v) is 7.16. The van der Waals surface area contributed by atoms with Crippen LogP contribution < -0.4 is 4.90 Å². The van der Waals surface area contributed by atoms with Gasteiger partial charge >= 0.3 is 0 Å². The van der Waals surface area contributed by atoms with E-state index < -0.39 is 6.17 Å². The van der Waals surface area contributed by atoms with E-state index in [4.69, 9.17) is 9.97 Å². The van der Waals surface area contributed by atoms with Gasteiger partial charge in [0, 0.05) is 42.9 Å². The third kappa shape index (κ3) is 3.46. The van der Waals surface area contributed by atoms with Crippen LogP contribution in [0.15, 0.2) is 24.4 Å². The molecule has 2 aliphatic heterocycles. The maximum atomic E-state index is 15.0. The average molecular weight is 437 g/mol. The molecule has 0 spiro atoms. The number of anilines is 1. The number of β-amino-alcohol motifs (C(OH)–C–C–N with tert-alkyl or cyclic N) is 1. The maximum Gasteiger partial charge on any atom is 0.159 e. The SMILES string of the molecule is Cc1cc2cnn(-c3cc(N4CC(O)C4)nc(C4CC4)n3)c2cc1[C@@H]1CCN(C)C[C@@H]1F. The Morgan fingerprint density at radius 3 is 2.53 bits per heavy atom. The fourth-order valence-electron chi connectivity index (χ4n) is 5.07. The van der Waals surface area contributed by atoms with Gasteiger partial charge in [-0.1, -0.05) is 0 Å². The lowest BCUT2D eigenvalue weighted by Crippen LogP contribution is -2.51. The van der Waals surface area contributed by atoms with Crippen LogP contribution in [-0.2, 0) is 0 Å². The second kappa shape index (κ2) is 7.49. The van der Waals surface area contributed by atoms with Gasteiger partial charge in [0.25, 0.3) is 0 Å². The third-order valence-electron chi connectivity index (χ3n) is 7.16.